The molecule has 78 valence electrons. The van der Waals surface area contributed by atoms with Crippen molar-refractivity contribution in [3.05, 3.63) is 59.2 Å². The van der Waals surface area contributed by atoms with Crippen molar-refractivity contribution in [2.24, 2.45) is 0 Å². The Bertz CT molecular complexity index is 587. The Balaban J connectivity index is 2.37. The van der Waals surface area contributed by atoms with E-state index in [1.165, 1.54) is 0 Å². The first-order valence-corrected chi connectivity index (χ1v) is 6.27. The van der Waals surface area contributed by atoms with E-state index in [4.69, 9.17) is 0 Å². The third kappa shape index (κ3) is 1.20. The number of fused-ring (bicyclic) bond motifs is 3. The summed E-state index contributed by atoms with van der Waals surface area (Å²) in [7, 11) is 0. The molecule has 0 spiro atoms. The number of halogens is 1. The van der Waals surface area contributed by atoms with Crippen LogP contribution in [0.5, 0.6) is 0 Å². The normalized spacial score (nSPS) is 12.4. The van der Waals surface area contributed by atoms with Crippen LogP contribution in [0.2, 0.25) is 0 Å². The highest BCUT2D eigenvalue weighted by atomic mass is 79.9. The van der Waals surface area contributed by atoms with Crippen LogP contribution >= 0.6 is 15.9 Å². The Morgan fingerprint density at radius 2 is 1.56 bits per heavy atom. The lowest BCUT2D eigenvalue weighted by Crippen LogP contribution is -1.98. The van der Waals surface area contributed by atoms with Crippen molar-refractivity contribution < 1.29 is 4.79 Å². The van der Waals surface area contributed by atoms with Gasteiger partial charge in [0.25, 0.3) is 0 Å². The van der Waals surface area contributed by atoms with Crippen molar-refractivity contribution in [1.82, 2.24) is 0 Å². The van der Waals surface area contributed by atoms with E-state index in [1.54, 1.807) is 0 Å². The van der Waals surface area contributed by atoms with E-state index in [0.29, 0.717) is 0 Å². The molecule has 2 heteroatoms. The molecule has 0 aliphatic heterocycles. The maximum Gasteiger partial charge on any atom is 0.194 e. The molecule has 0 aromatic heterocycles. The van der Waals surface area contributed by atoms with Gasteiger partial charge in [0, 0.05) is 16.5 Å². The van der Waals surface area contributed by atoms with Gasteiger partial charge < -0.3 is 0 Å². The van der Waals surface area contributed by atoms with Gasteiger partial charge in [0.15, 0.2) is 5.78 Å². The van der Waals surface area contributed by atoms with E-state index < -0.39 is 0 Å². The van der Waals surface area contributed by atoms with Crippen LogP contribution in [0.3, 0.4) is 0 Å². The fourth-order valence-corrected chi connectivity index (χ4v) is 2.72. The molecule has 0 atom stereocenters. The summed E-state index contributed by atoms with van der Waals surface area (Å²) in [6.07, 6.45) is 0. The van der Waals surface area contributed by atoms with Gasteiger partial charge in [-0.25, -0.2) is 0 Å². The summed E-state index contributed by atoms with van der Waals surface area (Å²) in [5.41, 5.74) is 4.88. The van der Waals surface area contributed by atoms with E-state index in [0.717, 1.165) is 33.1 Å². The molecule has 0 radical (unpaired) electrons. The van der Waals surface area contributed by atoms with E-state index >= 15 is 0 Å². The van der Waals surface area contributed by atoms with Gasteiger partial charge in [-0.3, -0.25) is 4.79 Å². The summed E-state index contributed by atoms with van der Waals surface area (Å²) in [5, 5.41) is 0.718. The van der Waals surface area contributed by atoms with E-state index in [9.17, 15) is 4.79 Å². The number of alkyl halides is 1. The average molecular weight is 273 g/mol. The van der Waals surface area contributed by atoms with Crippen LogP contribution < -0.4 is 0 Å². The van der Waals surface area contributed by atoms with Crippen molar-refractivity contribution in [3.63, 3.8) is 0 Å². The number of carbonyl (C=O) groups is 1. The summed E-state index contributed by atoms with van der Waals surface area (Å²) in [4.78, 5) is 12.2. The van der Waals surface area contributed by atoms with Gasteiger partial charge in [-0.2, -0.15) is 0 Å². The Kier molecular flexibility index (Phi) is 2.18. The van der Waals surface area contributed by atoms with E-state index in [1.807, 2.05) is 42.5 Å². The summed E-state index contributed by atoms with van der Waals surface area (Å²) in [6.45, 7) is 0. The molecule has 1 aliphatic carbocycles. The van der Waals surface area contributed by atoms with Crippen LogP contribution in [-0.4, -0.2) is 5.78 Å². The van der Waals surface area contributed by atoms with Gasteiger partial charge in [0.05, 0.1) is 0 Å². The SMILES string of the molecule is O=C1c2ccccc2-c2cccc(CBr)c21. The predicted molar refractivity (Wildman–Crippen MR) is 67.9 cm³/mol. The van der Waals surface area contributed by atoms with E-state index in [-0.39, 0.29) is 5.78 Å². The number of rotatable bonds is 1. The molecule has 16 heavy (non-hydrogen) atoms. The summed E-state index contributed by atoms with van der Waals surface area (Å²) in [6, 6.07) is 13.8. The number of hydrogen-bond acceptors (Lipinski definition) is 1. The monoisotopic (exact) mass is 272 g/mol. The smallest absolute Gasteiger partial charge is 0.194 e. The van der Waals surface area contributed by atoms with Gasteiger partial charge in [0.2, 0.25) is 0 Å². The number of benzene rings is 2. The van der Waals surface area contributed by atoms with Gasteiger partial charge in [0.1, 0.15) is 0 Å². The average Bonchev–Trinajstić information content (AvgIpc) is 2.64. The molecule has 0 unspecified atom stereocenters. The molecule has 2 aromatic carbocycles. The molecule has 0 saturated heterocycles. The van der Waals surface area contributed by atoms with Crippen LogP contribution in [0.25, 0.3) is 11.1 Å². The highest BCUT2D eigenvalue weighted by Crippen LogP contribution is 2.38. The topological polar surface area (TPSA) is 17.1 Å². The first-order chi connectivity index (χ1) is 7.83. The Labute approximate surface area is 102 Å². The van der Waals surface area contributed by atoms with Crippen molar-refractivity contribution >= 4 is 21.7 Å². The second-order valence-corrected chi connectivity index (χ2v) is 4.41. The molecule has 0 heterocycles. The number of carbonyl (C=O) groups excluding carboxylic acids is 1. The highest BCUT2D eigenvalue weighted by Gasteiger charge is 2.27. The van der Waals surface area contributed by atoms with Gasteiger partial charge in [-0.15, -0.1) is 0 Å². The third-order valence-electron chi connectivity index (χ3n) is 2.98. The zero-order chi connectivity index (χ0) is 11.1. The molecule has 1 nitrogen and oxygen atoms in total. The first kappa shape index (κ1) is 9.79. The molecular formula is C14H9BrO. The van der Waals surface area contributed by atoms with Crippen LogP contribution in [0, 0.1) is 0 Å². The number of ketones is 1. The molecule has 2 aromatic rings. The highest BCUT2D eigenvalue weighted by molar-refractivity contribution is 9.08. The summed E-state index contributed by atoms with van der Waals surface area (Å²) >= 11 is 3.43. The lowest BCUT2D eigenvalue weighted by Gasteiger charge is -2.03. The molecule has 1 aliphatic rings. The molecule has 0 bridgehead atoms. The molecule has 0 N–H and O–H groups in total. The fourth-order valence-electron chi connectivity index (χ4n) is 2.25. The van der Waals surface area contributed by atoms with Crippen molar-refractivity contribution in [2.45, 2.75) is 5.33 Å². The molecule has 0 fully saturated rings. The lowest BCUT2D eigenvalue weighted by atomic mass is 10.0. The van der Waals surface area contributed by atoms with Crippen LogP contribution in [0.4, 0.5) is 0 Å². The maximum absolute atomic E-state index is 12.2. The van der Waals surface area contributed by atoms with Gasteiger partial charge in [-0.05, 0) is 16.7 Å². The molecular weight excluding hydrogens is 264 g/mol. The number of hydrogen-bond donors (Lipinski definition) is 0. The first-order valence-electron chi connectivity index (χ1n) is 5.15. The fraction of sp³-hybridized carbons (Fsp3) is 0.0714. The quantitative estimate of drug-likeness (QED) is 0.616. The largest absolute Gasteiger partial charge is 0.289 e. The molecule has 3 rings (SSSR count). The maximum atomic E-state index is 12.2. The minimum absolute atomic E-state index is 0.153. The second kappa shape index (κ2) is 3.56. The Morgan fingerprint density at radius 3 is 2.31 bits per heavy atom. The summed E-state index contributed by atoms with van der Waals surface area (Å²) < 4.78 is 0. The van der Waals surface area contributed by atoms with Crippen LogP contribution in [-0.2, 0) is 5.33 Å². The zero-order valence-corrected chi connectivity index (χ0v) is 10.1. The Morgan fingerprint density at radius 1 is 0.875 bits per heavy atom. The van der Waals surface area contributed by atoms with Gasteiger partial charge >= 0.3 is 0 Å². The van der Waals surface area contributed by atoms with Crippen molar-refractivity contribution in [3.8, 4) is 11.1 Å². The van der Waals surface area contributed by atoms with Crippen molar-refractivity contribution in [1.29, 1.82) is 0 Å². The molecule has 0 amide bonds. The van der Waals surface area contributed by atoms with Crippen LogP contribution in [0.15, 0.2) is 42.5 Å². The lowest BCUT2D eigenvalue weighted by molar-refractivity contribution is 0.104. The minimum atomic E-state index is 0.153. The van der Waals surface area contributed by atoms with E-state index in [2.05, 4.69) is 15.9 Å². The second-order valence-electron chi connectivity index (χ2n) is 3.85. The van der Waals surface area contributed by atoms with Crippen molar-refractivity contribution in [2.75, 3.05) is 0 Å². The predicted octanol–water partition coefficient (Wildman–Crippen LogP) is 3.79. The van der Waals surface area contributed by atoms with Crippen LogP contribution in [0.1, 0.15) is 21.5 Å². The zero-order valence-electron chi connectivity index (χ0n) is 8.53. The third-order valence-corrected chi connectivity index (χ3v) is 3.59. The standard InChI is InChI=1S/C14H9BrO/c15-8-9-4-3-7-11-10-5-1-2-6-12(10)14(16)13(9)11/h1-7H,8H2. The molecule has 0 saturated carbocycles. The summed E-state index contributed by atoms with van der Waals surface area (Å²) in [5.74, 6) is 0.153. The Hall–Kier alpha value is -1.41. The van der Waals surface area contributed by atoms with Gasteiger partial charge in [-0.1, -0.05) is 58.4 Å². The minimum Gasteiger partial charge on any atom is -0.289 e.